The van der Waals surface area contributed by atoms with Gasteiger partial charge in [-0.25, -0.2) is 4.21 Å². The third-order valence-electron chi connectivity index (χ3n) is 5.83. The fourth-order valence-corrected chi connectivity index (χ4v) is 4.34. The molecule has 0 radical (unpaired) electrons. The molecule has 0 bridgehead atoms. The summed E-state index contributed by atoms with van der Waals surface area (Å²) in [4.78, 5) is 0.565. The summed E-state index contributed by atoms with van der Waals surface area (Å²) in [7, 11) is 1.59. The molecule has 0 heterocycles. The molecule has 0 fully saturated rings. The molecule has 0 spiro atoms. The standard InChI is InChI=1S/C29H28O4S.4C2H6/c1-21-5-7-22(8-6-21)29(2,3)23-9-11-25(12-10-23)32-26-13-15-27(16-14-26)33-34(30)28-19-17-24(31-4)18-20-28;4*1-2/h5-20H,1-4H3;4*1-2H3. The van der Waals surface area contributed by atoms with E-state index in [2.05, 4.69) is 57.2 Å². The maximum absolute atomic E-state index is 12.4. The summed E-state index contributed by atoms with van der Waals surface area (Å²) < 4.78 is 29.1. The second-order valence-electron chi connectivity index (χ2n) is 8.58. The molecular weight excluding hydrogens is 540 g/mol. The highest BCUT2D eigenvalue weighted by molar-refractivity contribution is 7.80. The summed E-state index contributed by atoms with van der Waals surface area (Å²) in [6.07, 6.45) is 0. The van der Waals surface area contributed by atoms with E-state index in [1.165, 1.54) is 16.7 Å². The molecule has 0 aliphatic rings. The van der Waals surface area contributed by atoms with E-state index in [9.17, 15) is 4.21 Å². The van der Waals surface area contributed by atoms with Crippen LogP contribution in [0.2, 0.25) is 0 Å². The smallest absolute Gasteiger partial charge is 0.240 e. The molecule has 0 saturated heterocycles. The van der Waals surface area contributed by atoms with E-state index in [1.54, 1.807) is 55.6 Å². The van der Waals surface area contributed by atoms with Crippen molar-refractivity contribution in [2.24, 2.45) is 0 Å². The zero-order valence-electron chi connectivity index (χ0n) is 27.8. The van der Waals surface area contributed by atoms with Crippen LogP contribution in [-0.4, -0.2) is 11.3 Å². The predicted octanol–water partition coefficient (Wildman–Crippen LogP) is 11.3. The molecule has 4 aromatic rings. The highest BCUT2D eigenvalue weighted by Crippen LogP contribution is 2.33. The largest absolute Gasteiger partial charge is 0.497 e. The lowest BCUT2D eigenvalue weighted by Crippen LogP contribution is -2.18. The highest BCUT2D eigenvalue weighted by atomic mass is 32.2. The zero-order valence-corrected chi connectivity index (χ0v) is 28.6. The first kappa shape index (κ1) is 38.4. The number of methoxy groups -OCH3 is 1. The Morgan fingerprint density at radius 2 is 0.881 bits per heavy atom. The number of ether oxygens (including phenoxy) is 2. The van der Waals surface area contributed by atoms with Crippen LogP contribution in [0.3, 0.4) is 0 Å². The Morgan fingerprint density at radius 1 is 0.524 bits per heavy atom. The number of hydrogen-bond acceptors (Lipinski definition) is 4. The fourth-order valence-electron chi connectivity index (χ4n) is 3.60. The summed E-state index contributed by atoms with van der Waals surface area (Å²) >= 11 is -1.61. The number of rotatable bonds is 8. The van der Waals surface area contributed by atoms with E-state index in [0.29, 0.717) is 22.1 Å². The van der Waals surface area contributed by atoms with Gasteiger partial charge in [0.2, 0.25) is 11.1 Å². The van der Waals surface area contributed by atoms with E-state index >= 15 is 0 Å². The van der Waals surface area contributed by atoms with Crippen LogP contribution < -0.4 is 13.7 Å². The summed E-state index contributed by atoms with van der Waals surface area (Å²) in [5.41, 5.74) is 3.64. The van der Waals surface area contributed by atoms with Gasteiger partial charge in [0.05, 0.1) is 12.0 Å². The Kier molecular flexibility index (Phi) is 19.4. The van der Waals surface area contributed by atoms with Gasteiger partial charge in [0.25, 0.3) is 0 Å². The lowest BCUT2D eigenvalue weighted by Gasteiger charge is -2.26. The van der Waals surface area contributed by atoms with Crippen LogP contribution in [0.5, 0.6) is 23.0 Å². The van der Waals surface area contributed by atoms with Gasteiger partial charge in [0.15, 0.2) is 0 Å². The van der Waals surface area contributed by atoms with Crippen molar-refractivity contribution in [2.75, 3.05) is 7.11 Å². The van der Waals surface area contributed by atoms with Crippen molar-refractivity contribution in [2.45, 2.75) is 86.5 Å². The molecule has 0 N–H and O–H groups in total. The molecule has 4 rings (SSSR count). The van der Waals surface area contributed by atoms with Crippen LogP contribution >= 0.6 is 0 Å². The summed E-state index contributed by atoms with van der Waals surface area (Å²) in [6.45, 7) is 22.5. The van der Waals surface area contributed by atoms with Crippen LogP contribution in [-0.2, 0) is 16.5 Å². The zero-order chi connectivity index (χ0) is 32.1. The average Bonchev–Trinajstić information content (AvgIpc) is 3.06. The van der Waals surface area contributed by atoms with Gasteiger partial charge in [-0.3, -0.25) is 0 Å². The highest BCUT2D eigenvalue weighted by Gasteiger charge is 2.22. The maximum atomic E-state index is 12.4. The summed E-state index contributed by atoms with van der Waals surface area (Å²) in [6, 6.07) is 30.8. The normalized spacial score (nSPS) is 10.4. The van der Waals surface area contributed by atoms with E-state index in [0.717, 1.165) is 5.75 Å². The Balaban J connectivity index is 0.00000194. The third kappa shape index (κ3) is 11.7. The van der Waals surface area contributed by atoms with Crippen molar-refractivity contribution in [3.05, 3.63) is 114 Å². The van der Waals surface area contributed by atoms with Gasteiger partial charge < -0.3 is 13.7 Å². The SMILES string of the molecule is CC.CC.CC.CC.COc1ccc(S(=O)Oc2ccc(Oc3ccc(C(C)(C)c4ccc(C)cc4)cc3)cc2)cc1. The van der Waals surface area contributed by atoms with Crippen LogP contribution in [0.1, 0.15) is 85.9 Å². The Hall–Kier alpha value is -3.57. The molecule has 4 aromatic carbocycles. The van der Waals surface area contributed by atoms with Crippen LogP contribution in [0.4, 0.5) is 0 Å². The molecule has 4 nitrogen and oxygen atoms in total. The van der Waals surface area contributed by atoms with Gasteiger partial charge in [-0.1, -0.05) is 111 Å². The number of benzene rings is 4. The first-order valence-electron chi connectivity index (χ1n) is 15.0. The lowest BCUT2D eigenvalue weighted by atomic mass is 9.78. The van der Waals surface area contributed by atoms with E-state index in [4.69, 9.17) is 13.7 Å². The van der Waals surface area contributed by atoms with E-state index in [-0.39, 0.29) is 5.41 Å². The van der Waals surface area contributed by atoms with Crippen molar-refractivity contribution < 1.29 is 17.9 Å². The van der Waals surface area contributed by atoms with E-state index < -0.39 is 11.1 Å². The average molecular weight is 593 g/mol. The Labute approximate surface area is 258 Å². The van der Waals surface area contributed by atoms with Crippen LogP contribution in [0, 0.1) is 6.92 Å². The van der Waals surface area contributed by atoms with Crippen molar-refractivity contribution in [3.8, 4) is 23.0 Å². The number of hydrogen-bond donors (Lipinski definition) is 0. The van der Waals surface area contributed by atoms with Gasteiger partial charge in [-0.15, -0.1) is 0 Å². The minimum Gasteiger partial charge on any atom is -0.497 e. The van der Waals surface area contributed by atoms with Crippen molar-refractivity contribution in [1.82, 2.24) is 0 Å². The van der Waals surface area contributed by atoms with Crippen molar-refractivity contribution >= 4 is 11.1 Å². The van der Waals surface area contributed by atoms with Crippen LogP contribution in [0.15, 0.2) is 102 Å². The molecule has 0 saturated carbocycles. The van der Waals surface area contributed by atoms with Crippen LogP contribution in [0.25, 0.3) is 0 Å². The van der Waals surface area contributed by atoms with Gasteiger partial charge in [-0.05, 0) is 78.7 Å². The maximum Gasteiger partial charge on any atom is 0.240 e. The first-order valence-corrected chi connectivity index (χ1v) is 16.1. The minimum absolute atomic E-state index is 0.106. The molecule has 5 heteroatoms. The molecule has 1 unspecified atom stereocenters. The summed E-state index contributed by atoms with van der Waals surface area (Å²) in [5, 5.41) is 0. The molecule has 0 aromatic heterocycles. The Morgan fingerprint density at radius 3 is 1.31 bits per heavy atom. The first-order chi connectivity index (χ1) is 20.3. The van der Waals surface area contributed by atoms with Crippen molar-refractivity contribution in [3.63, 3.8) is 0 Å². The monoisotopic (exact) mass is 592 g/mol. The van der Waals surface area contributed by atoms with Gasteiger partial charge in [-0.2, -0.15) is 0 Å². The lowest BCUT2D eigenvalue weighted by molar-refractivity contribution is 0.414. The molecular formula is C37H52O4S. The second kappa shape index (κ2) is 21.2. The summed E-state index contributed by atoms with van der Waals surface area (Å²) in [5.74, 6) is 2.62. The van der Waals surface area contributed by atoms with Gasteiger partial charge in [0, 0.05) is 5.41 Å². The minimum atomic E-state index is -1.61. The fraction of sp³-hybridized carbons (Fsp3) is 0.351. The van der Waals surface area contributed by atoms with E-state index in [1.807, 2.05) is 67.5 Å². The molecule has 0 aliphatic heterocycles. The molecule has 1 atom stereocenters. The second-order valence-corrected chi connectivity index (χ2v) is 9.69. The number of aryl methyl sites for hydroxylation is 1. The quantitative estimate of drug-likeness (QED) is 0.204. The molecule has 42 heavy (non-hydrogen) atoms. The van der Waals surface area contributed by atoms with Gasteiger partial charge in [0.1, 0.15) is 23.0 Å². The molecule has 0 amide bonds. The Bertz CT molecular complexity index is 1250. The molecule has 0 aliphatic carbocycles. The third-order valence-corrected chi connectivity index (χ3v) is 6.83. The topological polar surface area (TPSA) is 44.8 Å². The predicted molar refractivity (Wildman–Crippen MR) is 182 cm³/mol. The molecule has 230 valence electrons. The van der Waals surface area contributed by atoms with Crippen molar-refractivity contribution in [1.29, 1.82) is 0 Å². The van der Waals surface area contributed by atoms with Gasteiger partial charge >= 0.3 is 0 Å².